The molecule has 15 heavy (non-hydrogen) atoms. The van der Waals surface area contributed by atoms with Crippen LogP contribution in [0.1, 0.15) is 12.5 Å². The lowest BCUT2D eigenvalue weighted by molar-refractivity contribution is -0.144. The number of nitrogens with one attached hydrogen (secondary N) is 1. The van der Waals surface area contributed by atoms with Crippen LogP contribution in [0, 0.1) is 0 Å². The van der Waals surface area contributed by atoms with Crippen LogP contribution in [0.3, 0.4) is 0 Å². The zero-order valence-electron chi connectivity index (χ0n) is 8.40. The van der Waals surface area contributed by atoms with E-state index in [1.807, 2.05) is 0 Å². The van der Waals surface area contributed by atoms with E-state index >= 15 is 0 Å². The molecule has 0 aliphatic rings. The number of nitrogens with two attached hydrogens (primary N) is 1. The third kappa shape index (κ3) is 2.68. The zero-order valence-corrected chi connectivity index (χ0v) is 8.40. The van der Waals surface area contributed by atoms with Crippen molar-refractivity contribution < 1.29 is 15.0 Å². The van der Waals surface area contributed by atoms with Crippen molar-refractivity contribution in [1.82, 2.24) is 5.43 Å². The lowest BCUT2D eigenvalue weighted by atomic mass is 9.93. The number of rotatable bonds is 4. The maximum Gasteiger partial charge on any atom is 0.325 e. The van der Waals surface area contributed by atoms with Crippen LogP contribution in [0.5, 0.6) is 5.75 Å². The SMILES string of the molecule is C[C@@](Cc1cccc(O)c1)(NN)C(=O)O. The number of hydrogen-bond acceptors (Lipinski definition) is 4. The predicted octanol–water partition coefficient (Wildman–Crippen LogP) is 0.241. The molecule has 1 aromatic carbocycles. The van der Waals surface area contributed by atoms with Gasteiger partial charge in [0.25, 0.3) is 0 Å². The summed E-state index contributed by atoms with van der Waals surface area (Å²) in [6.45, 7) is 1.49. The third-order valence-corrected chi connectivity index (χ3v) is 2.26. The monoisotopic (exact) mass is 210 g/mol. The first-order chi connectivity index (χ1) is 6.98. The van der Waals surface area contributed by atoms with Crippen molar-refractivity contribution in [2.24, 2.45) is 5.84 Å². The van der Waals surface area contributed by atoms with Crippen molar-refractivity contribution in [3.63, 3.8) is 0 Å². The van der Waals surface area contributed by atoms with E-state index in [2.05, 4.69) is 5.43 Å². The van der Waals surface area contributed by atoms with Gasteiger partial charge in [-0.1, -0.05) is 12.1 Å². The lowest BCUT2D eigenvalue weighted by Gasteiger charge is -2.23. The summed E-state index contributed by atoms with van der Waals surface area (Å²) < 4.78 is 0. The van der Waals surface area contributed by atoms with Gasteiger partial charge in [0, 0.05) is 6.42 Å². The van der Waals surface area contributed by atoms with Crippen molar-refractivity contribution in [3.8, 4) is 5.75 Å². The van der Waals surface area contributed by atoms with Crippen LogP contribution in [0.4, 0.5) is 0 Å². The Morgan fingerprint density at radius 2 is 2.27 bits per heavy atom. The summed E-state index contributed by atoms with van der Waals surface area (Å²) in [5.41, 5.74) is 1.74. The summed E-state index contributed by atoms with van der Waals surface area (Å²) >= 11 is 0. The number of hydrogen-bond donors (Lipinski definition) is 4. The van der Waals surface area contributed by atoms with Gasteiger partial charge < -0.3 is 10.2 Å². The molecule has 1 atom stereocenters. The molecule has 82 valence electrons. The molecule has 1 aromatic rings. The topological polar surface area (TPSA) is 95.6 Å². The Bertz CT molecular complexity index is 367. The van der Waals surface area contributed by atoms with Crippen LogP contribution in [-0.2, 0) is 11.2 Å². The average molecular weight is 210 g/mol. The van der Waals surface area contributed by atoms with Crippen LogP contribution in [0.15, 0.2) is 24.3 Å². The lowest BCUT2D eigenvalue weighted by Crippen LogP contribution is -2.54. The summed E-state index contributed by atoms with van der Waals surface area (Å²) in [5.74, 6) is 4.28. The Morgan fingerprint density at radius 3 is 2.73 bits per heavy atom. The van der Waals surface area contributed by atoms with E-state index in [0.717, 1.165) is 0 Å². The molecule has 0 bridgehead atoms. The highest BCUT2D eigenvalue weighted by molar-refractivity contribution is 5.78. The van der Waals surface area contributed by atoms with Crippen molar-refractivity contribution in [3.05, 3.63) is 29.8 Å². The van der Waals surface area contributed by atoms with Gasteiger partial charge in [-0.15, -0.1) is 0 Å². The molecule has 0 fully saturated rings. The molecular formula is C10H14N2O3. The van der Waals surface area contributed by atoms with Gasteiger partial charge in [0.1, 0.15) is 11.3 Å². The zero-order chi connectivity index (χ0) is 11.5. The van der Waals surface area contributed by atoms with Crippen molar-refractivity contribution in [1.29, 1.82) is 0 Å². The number of benzene rings is 1. The number of carboxylic acid groups (broad SMARTS) is 1. The van der Waals surface area contributed by atoms with Gasteiger partial charge in [-0.2, -0.15) is 0 Å². The summed E-state index contributed by atoms with van der Waals surface area (Å²) in [6.07, 6.45) is 0.202. The normalized spacial score (nSPS) is 14.5. The number of hydrazine groups is 1. The van der Waals surface area contributed by atoms with Crippen molar-refractivity contribution >= 4 is 5.97 Å². The second-order valence-electron chi connectivity index (χ2n) is 3.63. The van der Waals surface area contributed by atoms with Crippen LogP contribution in [0.25, 0.3) is 0 Å². The molecule has 0 spiro atoms. The maximum absolute atomic E-state index is 10.9. The number of carboxylic acids is 1. The smallest absolute Gasteiger partial charge is 0.325 e. The first kappa shape index (κ1) is 11.5. The molecule has 5 N–H and O–H groups in total. The molecule has 5 nitrogen and oxygen atoms in total. The number of aliphatic carboxylic acids is 1. The fraction of sp³-hybridized carbons (Fsp3) is 0.300. The third-order valence-electron chi connectivity index (χ3n) is 2.26. The van der Waals surface area contributed by atoms with Gasteiger partial charge in [0.05, 0.1) is 0 Å². The number of phenols is 1. The van der Waals surface area contributed by atoms with Crippen molar-refractivity contribution in [2.45, 2.75) is 18.9 Å². The fourth-order valence-electron chi connectivity index (χ4n) is 1.26. The number of phenolic OH excluding ortho intramolecular Hbond substituents is 1. The summed E-state index contributed by atoms with van der Waals surface area (Å²) in [5, 5.41) is 18.2. The standard InChI is InChI=1S/C10H14N2O3/c1-10(12-11,9(14)15)6-7-3-2-4-8(13)5-7/h2-5,12-13H,6,11H2,1H3,(H,14,15)/t10-/m0/s1. The van der Waals surface area contributed by atoms with Crippen LogP contribution in [-0.4, -0.2) is 21.7 Å². The summed E-state index contributed by atoms with van der Waals surface area (Å²) in [7, 11) is 0. The highest BCUT2D eigenvalue weighted by Gasteiger charge is 2.31. The molecule has 0 saturated heterocycles. The van der Waals surface area contributed by atoms with Gasteiger partial charge in [-0.3, -0.25) is 10.6 Å². The Balaban J connectivity index is 2.89. The van der Waals surface area contributed by atoms with E-state index in [0.29, 0.717) is 5.56 Å². The van der Waals surface area contributed by atoms with Crippen LogP contribution >= 0.6 is 0 Å². The van der Waals surface area contributed by atoms with E-state index in [4.69, 9.17) is 10.9 Å². The molecule has 0 radical (unpaired) electrons. The second-order valence-corrected chi connectivity index (χ2v) is 3.63. The summed E-state index contributed by atoms with van der Waals surface area (Å²) in [6, 6.07) is 6.43. The van der Waals surface area contributed by atoms with Crippen LogP contribution < -0.4 is 11.3 Å². The minimum absolute atomic E-state index is 0.109. The highest BCUT2D eigenvalue weighted by atomic mass is 16.4. The van der Waals surface area contributed by atoms with Gasteiger partial charge >= 0.3 is 5.97 Å². The maximum atomic E-state index is 10.9. The highest BCUT2D eigenvalue weighted by Crippen LogP contribution is 2.17. The predicted molar refractivity (Wildman–Crippen MR) is 55.2 cm³/mol. The van der Waals surface area contributed by atoms with Gasteiger partial charge in [0.15, 0.2) is 0 Å². The average Bonchev–Trinajstić information content (AvgIpc) is 2.17. The molecule has 0 aliphatic carbocycles. The fourth-order valence-corrected chi connectivity index (χ4v) is 1.26. The Hall–Kier alpha value is -1.59. The molecule has 0 aliphatic heterocycles. The van der Waals surface area contributed by atoms with Gasteiger partial charge in [0.2, 0.25) is 0 Å². The van der Waals surface area contributed by atoms with Gasteiger partial charge in [-0.25, -0.2) is 5.43 Å². The molecule has 1 rings (SSSR count). The first-order valence-electron chi connectivity index (χ1n) is 4.47. The minimum atomic E-state index is -1.23. The van der Waals surface area contributed by atoms with Gasteiger partial charge in [-0.05, 0) is 24.6 Å². The molecule has 0 heterocycles. The molecule has 0 saturated carbocycles. The van der Waals surface area contributed by atoms with E-state index in [1.165, 1.54) is 19.1 Å². The molecule has 0 unspecified atom stereocenters. The molecule has 0 amide bonds. The second kappa shape index (κ2) is 4.29. The van der Waals surface area contributed by atoms with E-state index in [-0.39, 0.29) is 12.2 Å². The molecule has 0 aromatic heterocycles. The largest absolute Gasteiger partial charge is 0.508 e. The Kier molecular flexibility index (Phi) is 3.28. The van der Waals surface area contributed by atoms with E-state index in [1.54, 1.807) is 12.1 Å². The minimum Gasteiger partial charge on any atom is -0.508 e. The quantitative estimate of drug-likeness (QED) is 0.422. The van der Waals surface area contributed by atoms with E-state index in [9.17, 15) is 9.90 Å². The van der Waals surface area contributed by atoms with E-state index < -0.39 is 11.5 Å². The summed E-state index contributed by atoms with van der Waals surface area (Å²) in [4.78, 5) is 10.9. The van der Waals surface area contributed by atoms with Crippen molar-refractivity contribution in [2.75, 3.05) is 0 Å². The molecule has 5 heteroatoms. The first-order valence-corrected chi connectivity index (χ1v) is 4.47. The molecular weight excluding hydrogens is 196 g/mol. The Labute approximate surface area is 87.5 Å². The number of carbonyl (C=O) groups is 1. The number of aromatic hydroxyl groups is 1. The Morgan fingerprint density at radius 1 is 1.60 bits per heavy atom. The van der Waals surface area contributed by atoms with Crippen LogP contribution in [0.2, 0.25) is 0 Å².